The summed E-state index contributed by atoms with van der Waals surface area (Å²) in [6.45, 7) is 0.197. The van der Waals surface area contributed by atoms with Crippen molar-refractivity contribution in [2.24, 2.45) is 5.73 Å². The molecule has 1 unspecified atom stereocenters. The van der Waals surface area contributed by atoms with Gasteiger partial charge in [0.25, 0.3) is 0 Å². The zero-order valence-electron chi connectivity index (χ0n) is 12.6. The van der Waals surface area contributed by atoms with Crippen molar-refractivity contribution in [1.29, 1.82) is 0 Å². The van der Waals surface area contributed by atoms with Gasteiger partial charge in [-0.15, -0.1) is 0 Å². The van der Waals surface area contributed by atoms with Crippen LogP contribution in [0, 0.1) is 0 Å². The first-order valence-electron chi connectivity index (χ1n) is 7.19. The molecule has 0 aromatic heterocycles. The summed E-state index contributed by atoms with van der Waals surface area (Å²) < 4.78 is 10.7. The number of nitrogens with two attached hydrogens (primary N) is 1. The molecule has 0 saturated heterocycles. The number of benzene rings is 2. The van der Waals surface area contributed by atoms with Crippen molar-refractivity contribution in [2.75, 3.05) is 20.8 Å². The number of rotatable bonds is 7. The minimum Gasteiger partial charge on any atom is -0.493 e. The largest absolute Gasteiger partial charge is 0.493 e. The minimum atomic E-state index is 0.0785. The van der Waals surface area contributed by atoms with Crippen molar-refractivity contribution in [3.8, 4) is 11.5 Å². The van der Waals surface area contributed by atoms with Crippen molar-refractivity contribution in [3.63, 3.8) is 0 Å². The molecule has 2 rings (SSSR count). The Morgan fingerprint density at radius 1 is 1.05 bits per heavy atom. The quantitative estimate of drug-likeness (QED) is 0.822. The summed E-state index contributed by atoms with van der Waals surface area (Å²) >= 11 is 0. The molecule has 0 spiro atoms. The van der Waals surface area contributed by atoms with Crippen molar-refractivity contribution < 1.29 is 14.6 Å². The van der Waals surface area contributed by atoms with Gasteiger partial charge in [0.05, 0.1) is 14.2 Å². The Bertz CT molecular complexity index is 598. The van der Waals surface area contributed by atoms with Crippen LogP contribution in [-0.2, 0) is 6.42 Å². The van der Waals surface area contributed by atoms with Gasteiger partial charge in [0.2, 0.25) is 0 Å². The van der Waals surface area contributed by atoms with E-state index in [-0.39, 0.29) is 12.6 Å². The third-order valence-electron chi connectivity index (χ3n) is 3.64. The van der Waals surface area contributed by atoms with Gasteiger partial charge in [0, 0.05) is 12.6 Å². The summed E-state index contributed by atoms with van der Waals surface area (Å²) in [6.07, 6.45) is 2.39. The lowest BCUT2D eigenvalue weighted by molar-refractivity contribution is 0.279. The number of hydrogen-bond acceptors (Lipinski definition) is 4. The molecule has 0 amide bonds. The van der Waals surface area contributed by atoms with Gasteiger partial charge in [-0.05, 0) is 47.7 Å². The van der Waals surface area contributed by atoms with Gasteiger partial charge >= 0.3 is 0 Å². The van der Waals surface area contributed by atoms with Crippen LogP contribution in [-0.4, -0.2) is 32.0 Å². The molecule has 0 heterocycles. The lowest BCUT2D eigenvalue weighted by Gasteiger charge is -2.13. The number of aliphatic hydroxyl groups excluding tert-OH is 1. The smallest absolute Gasteiger partial charge is 0.161 e. The van der Waals surface area contributed by atoms with Crippen LogP contribution < -0.4 is 15.2 Å². The highest BCUT2D eigenvalue weighted by molar-refractivity contribution is 5.86. The normalized spacial score (nSPS) is 12.4. The first kappa shape index (κ1) is 15.6. The van der Waals surface area contributed by atoms with Gasteiger partial charge in [0.15, 0.2) is 11.5 Å². The molecule has 3 N–H and O–H groups in total. The Labute approximate surface area is 125 Å². The third kappa shape index (κ3) is 3.86. The number of aliphatic hydroxyl groups is 1. The standard InChI is InChI=1S/C17H23NO3/c1-20-16-10-13-6-5-12(9-15(18)4-3-7-19)8-14(13)11-17(16)21-2/h5-6,8,10-11,15,19H,3-4,7,9,18H2,1-2H3. The molecule has 2 aromatic rings. The topological polar surface area (TPSA) is 64.7 Å². The zero-order chi connectivity index (χ0) is 15.2. The molecule has 0 aliphatic heterocycles. The van der Waals surface area contributed by atoms with E-state index < -0.39 is 0 Å². The summed E-state index contributed by atoms with van der Waals surface area (Å²) in [7, 11) is 3.27. The highest BCUT2D eigenvalue weighted by Gasteiger charge is 2.08. The van der Waals surface area contributed by atoms with Crippen molar-refractivity contribution in [1.82, 2.24) is 0 Å². The molecule has 2 aromatic carbocycles. The Balaban J connectivity index is 2.24. The Morgan fingerprint density at radius 3 is 2.33 bits per heavy atom. The number of fused-ring (bicyclic) bond motifs is 1. The SMILES string of the molecule is COc1cc2ccc(CC(N)CCCO)cc2cc1OC. The molecule has 0 bridgehead atoms. The number of ether oxygens (including phenoxy) is 2. The van der Waals surface area contributed by atoms with Crippen molar-refractivity contribution in [3.05, 3.63) is 35.9 Å². The first-order chi connectivity index (χ1) is 10.2. The monoisotopic (exact) mass is 289 g/mol. The molecule has 114 valence electrons. The molecule has 0 saturated carbocycles. The summed E-state index contributed by atoms with van der Waals surface area (Å²) in [4.78, 5) is 0. The molecule has 1 atom stereocenters. The van der Waals surface area contributed by atoms with E-state index in [9.17, 15) is 0 Å². The highest BCUT2D eigenvalue weighted by atomic mass is 16.5. The molecule has 21 heavy (non-hydrogen) atoms. The van der Waals surface area contributed by atoms with E-state index in [0.717, 1.165) is 41.5 Å². The van der Waals surface area contributed by atoms with Crippen molar-refractivity contribution in [2.45, 2.75) is 25.3 Å². The second-order valence-electron chi connectivity index (χ2n) is 5.22. The fraction of sp³-hybridized carbons (Fsp3) is 0.412. The van der Waals surface area contributed by atoms with Gasteiger partial charge in [-0.3, -0.25) is 0 Å². The van der Waals surface area contributed by atoms with Crippen molar-refractivity contribution >= 4 is 10.8 Å². The maximum absolute atomic E-state index is 8.85. The van der Waals surface area contributed by atoms with Crippen LogP contribution in [0.25, 0.3) is 10.8 Å². The van der Waals surface area contributed by atoms with Gasteiger partial charge in [-0.25, -0.2) is 0 Å². The summed E-state index contributed by atoms with van der Waals surface area (Å²) in [5, 5.41) is 11.1. The van der Waals surface area contributed by atoms with E-state index in [1.165, 1.54) is 5.56 Å². The van der Waals surface area contributed by atoms with Crippen LogP contribution in [0.5, 0.6) is 11.5 Å². The fourth-order valence-electron chi connectivity index (χ4n) is 2.51. The highest BCUT2D eigenvalue weighted by Crippen LogP contribution is 2.32. The molecule has 0 aliphatic rings. The predicted octanol–water partition coefficient (Wildman–Crippen LogP) is 2.50. The Hall–Kier alpha value is -1.78. The Kier molecular flexibility index (Phi) is 5.42. The van der Waals surface area contributed by atoms with Gasteiger partial charge in [-0.2, -0.15) is 0 Å². The molecular formula is C17H23NO3. The van der Waals surface area contributed by atoms with Crippen LogP contribution in [0.2, 0.25) is 0 Å². The lowest BCUT2D eigenvalue weighted by atomic mass is 9.99. The van der Waals surface area contributed by atoms with Crippen LogP contribution in [0.15, 0.2) is 30.3 Å². The molecule has 0 radical (unpaired) electrons. The lowest BCUT2D eigenvalue weighted by Crippen LogP contribution is -2.22. The summed E-state index contributed by atoms with van der Waals surface area (Å²) in [5.41, 5.74) is 7.28. The molecule has 0 fully saturated rings. The number of methoxy groups -OCH3 is 2. The second kappa shape index (κ2) is 7.29. The average molecular weight is 289 g/mol. The van der Waals surface area contributed by atoms with E-state index >= 15 is 0 Å². The molecule has 0 aliphatic carbocycles. The second-order valence-corrected chi connectivity index (χ2v) is 5.22. The maximum atomic E-state index is 8.85. The van der Waals surface area contributed by atoms with Gasteiger partial charge in [-0.1, -0.05) is 18.2 Å². The van der Waals surface area contributed by atoms with E-state index in [2.05, 4.69) is 18.2 Å². The van der Waals surface area contributed by atoms with Gasteiger partial charge in [0.1, 0.15) is 0 Å². The molecular weight excluding hydrogens is 266 g/mol. The summed E-state index contributed by atoms with van der Waals surface area (Å²) in [6, 6.07) is 10.3. The van der Waals surface area contributed by atoms with E-state index in [4.69, 9.17) is 20.3 Å². The van der Waals surface area contributed by atoms with Crippen LogP contribution >= 0.6 is 0 Å². The van der Waals surface area contributed by atoms with E-state index in [1.54, 1.807) is 14.2 Å². The fourth-order valence-corrected chi connectivity index (χ4v) is 2.51. The minimum absolute atomic E-state index is 0.0785. The van der Waals surface area contributed by atoms with Crippen LogP contribution in [0.1, 0.15) is 18.4 Å². The third-order valence-corrected chi connectivity index (χ3v) is 3.64. The first-order valence-corrected chi connectivity index (χ1v) is 7.19. The zero-order valence-corrected chi connectivity index (χ0v) is 12.6. The van der Waals surface area contributed by atoms with E-state index in [1.807, 2.05) is 12.1 Å². The number of hydrogen-bond donors (Lipinski definition) is 2. The van der Waals surface area contributed by atoms with E-state index in [0.29, 0.717) is 0 Å². The maximum Gasteiger partial charge on any atom is 0.161 e. The molecule has 4 heteroatoms. The average Bonchev–Trinajstić information content (AvgIpc) is 2.51. The van der Waals surface area contributed by atoms with Gasteiger partial charge < -0.3 is 20.3 Å². The predicted molar refractivity (Wildman–Crippen MR) is 85.1 cm³/mol. The Morgan fingerprint density at radius 2 is 1.71 bits per heavy atom. The van der Waals surface area contributed by atoms with Crippen LogP contribution in [0.3, 0.4) is 0 Å². The summed E-state index contributed by atoms with van der Waals surface area (Å²) in [5.74, 6) is 1.46. The molecule has 4 nitrogen and oxygen atoms in total. The van der Waals surface area contributed by atoms with Crippen LogP contribution in [0.4, 0.5) is 0 Å².